The highest BCUT2D eigenvalue weighted by molar-refractivity contribution is 5.50. The summed E-state index contributed by atoms with van der Waals surface area (Å²) in [5, 5.41) is 8.62. The molecule has 0 amide bonds. The van der Waals surface area contributed by atoms with Crippen LogP contribution in [0.1, 0.15) is 18.4 Å². The fourth-order valence-corrected chi connectivity index (χ4v) is 1.23. The summed E-state index contributed by atoms with van der Waals surface area (Å²) in [5.74, 6) is 3.20. The number of benzene rings is 1. The van der Waals surface area contributed by atoms with Crippen LogP contribution in [0.3, 0.4) is 0 Å². The monoisotopic (exact) mass is 216 g/mol. The van der Waals surface area contributed by atoms with E-state index >= 15 is 0 Å². The molecule has 1 aromatic rings. The van der Waals surface area contributed by atoms with E-state index in [1.54, 1.807) is 0 Å². The number of terminal acetylenes is 1. The SMILES string of the molecule is C#CCOc1ccc(/C=C/CCCO)cc1. The molecule has 2 heteroatoms. The number of aliphatic hydroxyl groups is 1. The normalized spacial score (nSPS) is 10.2. The van der Waals surface area contributed by atoms with Gasteiger partial charge in [-0.1, -0.05) is 30.2 Å². The summed E-state index contributed by atoms with van der Waals surface area (Å²) in [6.45, 7) is 0.537. The third-order valence-electron chi connectivity index (χ3n) is 2.04. The third kappa shape index (κ3) is 4.68. The summed E-state index contributed by atoms with van der Waals surface area (Å²) < 4.78 is 5.26. The lowest BCUT2D eigenvalue weighted by Crippen LogP contribution is -1.92. The van der Waals surface area contributed by atoms with Crippen molar-refractivity contribution >= 4 is 6.08 Å². The Hall–Kier alpha value is -1.72. The molecular formula is C14H16O2. The summed E-state index contributed by atoms with van der Waals surface area (Å²) in [4.78, 5) is 0. The first-order chi connectivity index (χ1) is 7.86. The van der Waals surface area contributed by atoms with Crippen molar-refractivity contribution < 1.29 is 9.84 Å². The summed E-state index contributed by atoms with van der Waals surface area (Å²) in [6, 6.07) is 7.73. The minimum Gasteiger partial charge on any atom is -0.481 e. The predicted octanol–water partition coefficient (Wildman–Crippen LogP) is 2.48. The predicted molar refractivity (Wildman–Crippen MR) is 66.1 cm³/mol. The molecule has 1 aromatic carbocycles. The van der Waals surface area contributed by atoms with Crippen LogP contribution in [-0.2, 0) is 0 Å². The summed E-state index contributed by atoms with van der Waals surface area (Å²) in [5.41, 5.74) is 1.12. The van der Waals surface area contributed by atoms with Gasteiger partial charge in [0, 0.05) is 6.61 Å². The minimum absolute atomic E-state index is 0.239. The maximum Gasteiger partial charge on any atom is 0.148 e. The molecule has 16 heavy (non-hydrogen) atoms. The second-order valence-corrected chi connectivity index (χ2v) is 3.33. The van der Waals surface area contributed by atoms with Crippen LogP contribution in [0, 0.1) is 12.3 Å². The van der Waals surface area contributed by atoms with Gasteiger partial charge in [0.15, 0.2) is 0 Å². The molecule has 0 saturated carbocycles. The lowest BCUT2D eigenvalue weighted by Gasteiger charge is -2.01. The number of ether oxygens (including phenoxy) is 1. The van der Waals surface area contributed by atoms with E-state index in [2.05, 4.69) is 5.92 Å². The smallest absolute Gasteiger partial charge is 0.148 e. The Kier molecular flexibility index (Phi) is 5.83. The minimum atomic E-state index is 0.239. The molecule has 1 rings (SSSR count). The van der Waals surface area contributed by atoms with Crippen molar-refractivity contribution in [3.05, 3.63) is 35.9 Å². The van der Waals surface area contributed by atoms with E-state index in [9.17, 15) is 0 Å². The van der Waals surface area contributed by atoms with E-state index in [4.69, 9.17) is 16.3 Å². The van der Waals surface area contributed by atoms with E-state index in [1.807, 2.05) is 36.4 Å². The molecular weight excluding hydrogens is 200 g/mol. The molecule has 0 unspecified atom stereocenters. The van der Waals surface area contributed by atoms with Gasteiger partial charge in [0.2, 0.25) is 0 Å². The van der Waals surface area contributed by atoms with Gasteiger partial charge in [-0.25, -0.2) is 0 Å². The van der Waals surface area contributed by atoms with Gasteiger partial charge in [0.05, 0.1) is 0 Å². The lowest BCUT2D eigenvalue weighted by molar-refractivity contribution is 0.290. The van der Waals surface area contributed by atoms with Gasteiger partial charge < -0.3 is 9.84 Å². The van der Waals surface area contributed by atoms with Gasteiger partial charge in [0.1, 0.15) is 12.4 Å². The average Bonchev–Trinajstić information content (AvgIpc) is 2.33. The van der Waals surface area contributed by atoms with Crippen molar-refractivity contribution in [2.24, 2.45) is 0 Å². The Labute approximate surface area is 96.6 Å². The maximum atomic E-state index is 8.62. The molecule has 0 saturated heterocycles. The van der Waals surface area contributed by atoms with Crippen LogP contribution in [0.2, 0.25) is 0 Å². The number of hydrogen-bond acceptors (Lipinski definition) is 2. The fraction of sp³-hybridized carbons (Fsp3) is 0.286. The zero-order valence-electron chi connectivity index (χ0n) is 9.23. The van der Waals surface area contributed by atoms with Gasteiger partial charge in [-0.2, -0.15) is 0 Å². The zero-order valence-corrected chi connectivity index (χ0v) is 9.23. The fourth-order valence-electron chi connectivity index (χ4n) is 1.23. The van der Waals surface area contributed by atoms with E-state index in [-0.39, 0.29) is 6.61 Å². The first-order valence-corrected chi connectivity index (χ1v) is 5.30. The molecule has 0 aliphatic rings. The lowest BCUT2D eigenvalue weighted by atomic mass is 10.2. The Balaban J connectivity index is 2.45. The Morgan fingerprint density at radius 1 is 1.31 bits per heavy atom. The molecule has 0 atom stereocenters. The second-order valence-electron chi connectivity index (χ2n) is 3.33. The van der Waals surface area contributed by atoms with E-state index in [1.165, 1.54) is 0 Å². The van der Waals surface area contributed by atoms with Crippen LogP contribution in [-0.4, -0.2) is 18.3 Å². The molecule has 0 fully saturated rings. The Morgan fingerprint density at radius 2 is 2.06 bits per heavy atom. The highest BCUT2D eigenvalue weighted by Gasteiger charge is 1.91. The van der Waals surface area contributed by atoms with Crippen molar-refractivity contribution in [2.45, 2.75) is 12.8 Å². The first kappa shape index (κ1) is 12.4. The number of aliphatic hydroxyl groups excluding tert-OH is 1. The number of hydrogen-bond donors (Lipinski definition) is 1. The van der Waals surface area contributed by atoms with Crippen molar-refractivity contribution in [3.63, 3.8) is 0 Å². The van der Waals surface area contributed by atoms with Gasteiger partial charge >= 0.3 is 0 Å². The van der Waals surface area contributed by atoms with E-state index < -0.39 is 0 Å². The molecule has 0 bridgehead atoms. The van der Waals surface area contributed by atoms with Crippen molar-refractivity contribution in [2.75, 3.05) is 13.2 Å². The summed E-state index contributed by atoms with van der Waals surface area (Å²) in [7, 11) is 0. The van der Waals surface area contributed by atoms with E-state index in [0.717, 1.165) is 24.2 Å². The van der Waals surface area contributed by atoms with Crippen LogP contribution in [0.5, 0.6) is 5.75 Å². The van der Waals surface area contributed by atoms with Gasteiger partial charge in [-0.05, 0) is 30.5 Å². The largest absolute Gasteiger partial charge is 0.481 e. The summed E-state index contributed by atoms with van der Waals surface area (Å²) >= 11 is 0. The topological polar surface area (TPSA) is 29.5 Å². The molecule has 0 radical (unpaired) electrons. The molecule has 0 aliphatic heterocycles. The zero-order chi connectivity index (χ0) is 11.6. The molecule has 2 nitrogen and oxygen atoms in total. The van der Waals surface area contributed by atoms with Gasteiger partial charge in [-0.15, -0.1) is 6.42 Å². The van der Waals surface area contributed by atoms with Crippen LogP contribution in [0.15, 0.2) is 30.3 Å². The number of unbranched alkanes of at least 4 members (excludes halogenated alkanes) is 1. The van der Waals surface area contributed by atoms with Gasteiger partial charge in [-0.3, -0.25) is 0 Å². The standard InChI is InChI=1S/C14H16O2/c1-2-12-16-14-9-7-13(8-10-14)6-4-3-5-11-15/h1,4,6-10,15H,3,5,11-12H2/b6-4+. The first-order valence-electron chi connectivity index (χ1n) is 5.30. The Bertz CT molecular complexity index is 357. The highest BCUT2D eigenvalue weighted by atomic mass is 16.5. The maximum absolute atomic E-state index is 8.62. The highest BCUT2D eigenvalue weighted by Crippen LogP contribution is 2.13. The quantitative estimate of drug-likeness (QED) is 0.584. The van der Waals surface area contributed by atoms with Crippen LogP contribution in [0.4, 0.5) is 0 Å². The number of allylic oxidation sites excluding steroid dienone is 1. The second kappa shape index (κ2) is 7.56. The van der Waals surface area contributed by atoms with E-state index in [0.29, 0.717) is 6.61 Å². The number of rotatable bonds is 6. The molecule has 0 aliphatic carbocycles. The molecule has 0 spiro atoms. The molecule has 0 aromatic heterocycles. The van der Waals surface area contributed by atoms with Crippen molar-refractivity contribution in [3.8, 4) is 18.1 Å². The molecule has 0 heterocycles. The van der Waals surface area contributed by atoms with Gasteiger partial charge in [0.25, 0.3) is 0 Å². The van der Waals surface area contributed by atoms with Crippen molar-refractivity contribution in [1.82, 2.24) is 0 Å². The van der Waals surface area contributed by atoms with Crippen molar-refractivity contribution in [1.29, 1.82) is 0 Å². The molecule has 84 valence electrons. The summed E-state index contributed by atoms with van der Waals surface area (Å²) in [6.07, 6.45) is 10.9. The average molecular weight is 216 g/mol. The van der Waals surface area contributed by atoms with Crippen LogP contribution >= 0.6 is 0 Å². The van der Waals surface area contributed by atoms with Crippen LogP contribution in [0.25, 0.3) is 6.08 Å². The molecule has 1 N–H and O–H groups in total. The van der Waals surface area contributed by atoms with Crippen LogP contribution < -0.4 is 4.74 Å². The third-order valence-corrected chi connectivity index (χ3v) is 2.04. The Morgan fingerprint density at radius 3 is 2.69 bits per heavy atom.